The Bertz CT molecular complexity index is 495. The molecule has 2 N–H and O–H groups in total. The molecular formula is C14H18N2O2. The van der Waals surface area contributed by atoms with Crippen molar-refractivity contribution in [1.29, 1.82) is 0 Å². The summed E-state index contributed by atoms with van der Waals surface area (Å²) in [7, 11) is 3.69. The molecule has 4 heteroatoms. The molecular weight excluding hydrogens is 228 g/mol. The fourth-order valence-corrected chi connectivity index (χ4v) is 1.94. The van der Waals surface area contributed by atoms with Crippen molar-refractivity contribution in [3.05, 3.63) is 47.9 Å². The molecule has 0 bridgehead atoms. The lowest BCUT2D eigenvalue weighted by Gasteiger charge is -2.22. The first-order valence-corrected chi connectivity index (χ1v) is 5.83. The highest BCUT2D eigenvalue weighted by atomic mass is 16.5. The van der Waals surface area contributed by atoms with E-state index in [1.165, 1.54) is 0 Å². The molecule has 1 aromatic carbocycles. The van der Waals surface area contributed by atoms with Crippen molar-refractivity contribution in [2.75, 3.05) is 19.1 Å². The van der Waals surface area contributed by atoms with Crippen molar-refractivity contribution in [3.8, 4) is 5.75 Å². The normalized spacial score (nSPS) is 10.4. The summed E-state index contributed by atoms with van der Waals surface area (Å²) in [5.74, 6) is 0.834. The van der Waals surface area contributed by atoms with Gasteiger partial charge in [0.05, 0.1) is 19.6 Å². The van der Waals surface area contributed by atoms with E-state index in [-0.39, 0.29) is 0 Å². The van der Waals surface area contributed by atoms with E-state index in [4.69, 9.17) is 14.9 Å². The van der Waals surface area contributed by atoms with Crippen LogP contribution in [0.3, 0.4) is 0 Å². The Labute approximate surface area is 107 Å². The topological polar surface area (TPSA) is 51.6 Å². The second-order valence-corrected chi connectivity index (χ2v) is 4.19. The number of hydrogen-bond donors (Lipinski definition) is 1. The number of methoxy groups -OCH3 is 1. The molecule has 0 saturated heterocycles. The fourth-order valence-electron chi connectivity index (χ4n) is 1.94. The van der Waals surface area contributed by atoms with Crippen LogP contribution in [-0.2, 0) is 13.1 Å². The van der Waals surface area contributed by atoms with Crippen LogP contribution in [0.5, 0.6) is 5.75 Å². The van der Waals surface area contributed by atoms with Crippen LogP contribution in [0.25, 0.3) is 0 Å². The molecule has 0 saturated carbocycles. The Morgan fingerprint density at radius 2 is 2.17 bits per heavy atom. The van der Waals surface area contributed by atoms with Crippen LogP contribution in [0.2, 0.25) is 0 Å². The van der Waals surface area contributed by atoms with E-state index in [9.17, 15) is 0 Å². The molecule has 0 spiro atoms. The molecule has 96 valence electrons. The Balaban J connectivity index is 2.24. The Morgan fingerprint density at radius 3 is 2.78 bits per heavy atom. The summed E-state index contributed by atoms with van der Waals surface area (Å²) in [4.78, 5) is 2.13. The van der Waals surface area contributed by atoms with E-state index < -0.39 is 0 Å². The summed E-state index contributed by atoms with van der Waals surface area (Å²) in [6.45, 7) is 1.28. The van der Waals surface area contributed by atoms with E-state index >= 15 is 0 Å². The molecule has 0 amide bonds. The number of nitrogens with two attached hydrogens (primary N) is 1. The number of furan rings is 1. The lowest BCUT2D eigenvalue weighted by molar-refractivity contribution is 0.414. The van der Waals surface area contributed by atoms with Gasteiger partial charge in [-0.15, -0.1) is 0 Å². The molecule has 2 rings (SSSR count). The molecule has 0 fully saturated rings. The number of benzene rings is 1. The van der Waals surface area contributed by atoms with Gasteiger partial charge in [0.2, 0.25) is 0 Å². The van der Waals surface area contributed by atoms with E-state index in [0.29, 0.717) is 6.54 Å². The zero-order chi connectivity index (χ0) is 13.0. The quantitative estimate of drug-likeness (QED) is 0.880. The van der Waals surface area contributed by atoms with Crippen molar-refractivity contribution in [3.63, 3.8) is 0 Å². The van der Waals surface area contributed by atoms with Gasteiger partial charge in [-0.25, -0.2) is 0 Å². The van der Waals surface area contributed by atoms with Crippen molar-refractivity contribution in [1.82, 2.24) is 0 Å². The first kappa shape index (κ1) is 12.5. The number of rotatable bonds is 5. The van der Waals surface area contributed by atoms with Crippen LogP contribution in [-0.4, -0.2) is 14.2 Å². The van der Waals surface area contributed by atoms with Gasteiger partial charge >= 0.3 is 0 Å². The van der Waals surface area contributed by atoms with Gasteiger partial charge < -0.3 is 19.8 Å². The second-order valence-electron chi connectivity index (χ2n) is 4.19. The molecule has 0 aliphatic carbocycles. The summed E-state index contributed by atoms with van der Waals surface area (Å²) in [6.07, 6.45) is 3.43. The number of nitrogens with zero attached hydrogens (tertiary/aromatic N) is 1. The summed E-state index contributed by atoms with van der Waals surface area (Å²) >= 11 is 0. The molecule has 1 heterocycles. The van der Waals surface area contributed by atoms with E-state index in [2.05, 4.69) is 4.90 Å². The van der Waals surface area contributed by atoms with Crippen LogP contribution in [0, 0.1) is 0 Å². The molecule has 1 aromatic heterocycles. The van der Waals surface area contributed by atoms with Gasteiger partial charge in [0.25, 0.3) is 0 Å². The number of hydrogen-bond acceptors (Lipinski definition) is 4. The molecule has 0 atom stereocenters. The maximum Gasteiger partial charge on any atom is 0.120 e. The first-order chi connectivity index (χ1) is 8.74. The number of ether oxygens (including phenoxy) is 1. The van der Waals surface area contributed by atoms with Gasteiger partial charge in [0.15, 0.2) is 0 Å². The van der Waals surface area contributed by atoms with E-state index in [0.717, 1.165) is 29.1 Å². The molecule has 0 aliphatic heterocycles. The minimum absolute atomic E-state index is 0.509. The van der Waals surface area contributed by atoms with Gasteiger partial charge in [-0.05, 0) is 17.7 Å². The predicted molar refractivity (Wildman–Crippen MR) is 71.7 cm³/mol. The zero-order valence-corrected chi connectivity index (χ0v) is 10.7. The zero-order valence-electron chi connectivity index (χ0n) is 10.7. The van der Waals surface area contributed by atoms with Gasteiger partial charge in [-0.2, -0.15) is 0 Å². The molecule has 0 unspecified atom stereocenters. The highest BCUT2D eigenvalue weighted by Crippen LogP contribution is 2.26. The molecule has 4 nitrogen and oxygen atoms in total. The molecule has 0 aliphatic rings. The minimum atomic E-state index is 0.509. The van der Waals surface area contributed by atoms with E-state index in [1.807, 2.05) is 31.3 Å². The molecule has 0 radical (unpaired) electrons. The number of anilines is 1. The second kappa shape index (κ2) is 5.60. The highest BCUT2D eigenvalue weighted by molar-refractivity contribution is 5.57. The largest absolute Gasteiger partial charge is 0.497 e. The lowest BCUT2D eigenvalue weighted by atomic mass is 10.1. The Morgan fingerprint density at radius 1 is 1.33 bits per heavy atom. The Kier molecular flexibility index (Phi) is 3.89. The SMILES string of the molecule is COc1ccc(CN)c(N(C)Cc2ccoc2)c1. The summed E-state index contributed by atoms with van der Waals surface area (Å²) in [6, 6.07) is 7.89. The van der Waals surface area contributed by atoms with Gasteiger partial charge in [-0.1, -0.05) is 6.07 Å². The first-order valence-electron chi connectivity index (χ1n) is 5.83. The van der Waals surface area contributed by atoms with Crippen molar-refractivity contribution in [2.45, 2.75) is 13.1 Å². The van der Waals surface area contributed by atoms with Crippen LogP contribution in [0.4, 0.5) is 5.69 Å². The third kappa shape index (κ3) is 2.65. The van der Waals surface area contributed by atoms with Crippen LogP contribution >= 0.6 is 0 Å². The maximum absolute atomic E-state index is 5.77. The standard InChI is InChI=1S/C14H18N2O2/c1-16(9-11-5-6-18-10-11)14-7-13(17-2)4-3-12(14)8-15/h3-7,10H,8-9,15H2,1-2H3. The third-order valence-electron chi connectivity index (χ3n) is 2.92. The Hall–Kier alpha value is -1.94. The maximum atomic E-state index is 5.77. The molecule has 18 heavy (non-hydrogen) atoms. The van der Waals surface area contributed by atoms with Gasteiger partial charge in [0, 0.05) is 37.5 Å². The minimum Gasteiger partial charge on any atom is -0.497 e. The smallest absolute Gasteiger partial charge is 0.120 e. The molecule has 2 aromatic rings. The van der Waals surface area contributed by atoms with Gasteiger partial charge in [-0.3, -0.25) is 0 Å². The van der Waals surface area contributed by atoms with E-state index in [1.54, 1.807) is 19.6 Å². The highest BCUT2D eigenvalue weighted by Gasteiger charge is 2.09. The van der Waals surface area contributed by atoms with Crippen LogP contribution in [0.15, 0.2) is 41.2 Å². The van der Waals surface area contributed by atoms with Gasteiger partial charge in [0.1, 0.15) is 5.75 Å². The van der Waals surface area contributed by atoms with Crippen LogP contribution < -0.4 is 15.4 Å². The lowest BCUT2D eigenvalue weighted by Crippen LogP contribution is -2.18. The van der Waals surface area contributed by atoms with Crippen molar-refractivity contribution < 1.29 is 9.15 Å². The predicted octanol–water partition coefficient (Wildman–Crippen LogP) is 2.38. The summed E-state index contributed by atoms with van der Waals surface area (Å²) in [5, 5.41) is 0. The monoisotopic (exact) mass is 246 g/mol. The summed E-state index contributed by atoms with van der Waals surface area (Å²) in [5.41, 5.74) is 9.08. The summed E-state index contributed by atoms with van der Waals surface area (Å²) < 4.78 is 10.3. The average Bonchev–Trinajstić information content (AvgIpc) is 2.90. The fraction of sp³-hybridized carbons (Fsp3) is 0.286. The van der Waals surface area contributed by atoms with Crippen molar-refractivity contribution in [2.24, 2.45) is 5.73 Å². The third-order valence-corrected chi connectivity index (χ3v) is 2.92. The van der Waals surface area contributed by atoms with Crippen LogP contribution in [0.1, 0.15) is 11.1 Å². The average molecular weight is 246 g/mol. The van der Waals surface area contributed by atoms with Crippen molar-refractivity contribution >= 4 is 5.69 Å².